The molecule has 0 radical (unpaired) electrons. The van der Waals surface area contributed by atoms with Gasteiger partial charge in [0.1, 0.15) is 11.1 Å². The van der Waals surface area contributed by atoms with Crippen molar-refractivity contribution >= 4 is 9.84 Å². The Morgan fingerprint density at radius 2 is 1.58 bits per heavy atom. The van der Waals surface area contributed by atoms with Crippen LogP contribution < -0.4 is 5.73 Å². The average molecular weight is 279 g/mol. The lowest BCUT2D eigenvalue weighted by Crippen LogP contribution is -2.23. The van der Waals surface area contributed by atoms with E-state index in [1.807, 2.05) is 0 Å². The maximum absolute atomic E-state index is 13.8. The maximum Gasteiger partial charge on any atom is 0.186 e. The zero-order valence-corrected chi connectivity index (χ0v) is 11.0. The number of halogens is 1. The molecular weight excluding hydrogens is 265 g/mol. The molecule has 3 nitrogen and oxygen atoms in total. The summed E-state index contributed by atoms with van der Waals surface area (Å²) in [6.45, 7) is -0.168. The lowest BCUT2D eigenvalue weighted by molar-refractivity contribution is 0.568. The van der Waals surface area contributed by atoms with Gasteiger partial charge in [-0.05, 0) is 18.2 Å². The molecule has 1 atom stereocenters. The van der Waals surface area contributed by atoms with Gasteiger partial charge in [-0.2, -0.15) is 0 Å². The molecule has 2 N–H and O–H groups in total. The molecule has 0 unspecified atom stereocenters. The van der Waals surface area contributed by atoms with Gasteiger partial charge >= 0.3 is 0 Å². The predicted molar refractivity (Wildman–Crippen MR) is 71.8 cm³/mol. The number of rotatable bonds is 4. The average Bonchev–Trinajstić information content (AvgIpc) is 2.42. The second-order valence-corrected chi connectivity index (χ2v) is 6.23. The lowest BCUT2D eigenvalue weighted by atomic mass is 10.1. The molecule has 2 aromatic carbocycles. The molecule has 0 spiro atoms. The fraction of sp³-hybridized carbons (Fsp3) is 0.143. The molecule has 5 heteroatoms. The van der Waals surface area contributed by atoms with Gasteiger partial charge in [-0.15, -0.1) is 0 Å². The first kappa shape index (κ1) is 13.7. The van der Waals surface area contributed by atoms with Crippen LogP contribution in [0.2, 0.25) is 0 Å². The van der Waals surface area contributed by atoms with E-state index in [0.29, 0.717) is 0 Å². The van der Waals surface area contributed by atoms with Crippen LogP contribution >= 0.6 is 0 Å². The molecule has 0 amide bonds. The Hall–Kier alpha value is -1.72. The van der Waals surface area contributed by atoms with Crippen LogP contribution in [-0.4, -0.2) is 15.0 Å². The van der Waals surface area contributed by atoms with Crippen LogP contribution in [-0.2, 0) is 9.84 Å². The molecule has 0 fully saturated rings. The van der Waals surface area contributed by atoms with Crippen LogP contribution in [0.1, 0.15) is 10.8 Å². The molecule has 19 heavy (non-hydrogen) atoms. The molecule has 0 saturated carbocycles. The third-order valence-electron chi connectivity index (χ3n) is 2.91. The number of hydrogen-bond donors (Lipinski definition) is 1. The fourth-order valence-corrected chi connectivity index (χ4v) is 3.58. The van der Waals surface area contributed by atoms with Crippen LogP contribution in [0.5, 0.6) is 0 Å². The Morgan fingerprint density at radius 1 is 1.00 bits per heavy atom. The van der Waals surface area contributed by atoms with Crippen molar-refractivity contribution in [2.75, 3.05) is 6.54 Å². The van der Waals surface area contributed by atoms with E-state index in [4.69, 9.17) is 5.73 Å². The van der Waals surface area contributed by atoms with Crippen molar-refractivity contribution in [3.63, 3.8) is 0 Å². The van der Waals surface area contributed by atoms with Gasteiger partial charge in [0.2, 0.25) is 0 Å². The largest absolute Gasteiger partial charge is 0.329 e. The summed E-state index contributed by atoms with van der Waals surface area (Å²) in [6.07, 6.45) is 0. The number of benzene rings is 2. The zero-order chi connectivity index (χ0) is 13.9. The minimum Gasteiger partial charge on any atom is -0.329 e. The van der Waals surface area contributed by atoms with Gasteiger partial charge in [-0.25, -0.2) is 12.8 Å². The molecule has 2 rings (SSSR count). The molecular formula is C14H14FNO2S. The molecule has 0 aliphatic heterocycles. The second kappa shape index (κ2) is 5.50. The van der Waals surface area contributed by atoms with Gasteiger partial charge in [0.25, 0.3) is 0 Å². The van der Waals surface area contributed by atoms with Gasteiger partial charge in [0.15, 0.2) is 9.84 Å². The second-order valence-electron chi connectivity index (χ2n) is 4.10. The van der Waals surface area contributed by atoms with Crippen molar-refractivity contribution in [2.45, 2.75) is 10.1 Å². The maximum atomic E-state index is 13.8. The molecule has 100 valence electrons. The standard InChI is InChI=1S/C14H14FNO2S/c15-13-9-5-4-8-12(13)14(10-16)19(17,18)11-6-2-1-3-7-11/h1-9,14H,10,16H2/t14-/m0/s1. The topological polar surface area (TPSA) is 60.2 Å². The molecule has 2 aromatic rings. The fourth-order valence-electron chi connectivity index (χ4n) is 1.93. The number of nitrogens with two attached hydrogens (primary N) is 1. The highest BCUT2D eigenvalue weighted by atomic mass is 32.2. The van der Waals surface area contributed by atoms with Gasteiger partial charge in [-0.3, -0.25) is 0 Å². The molecule has 0 aliphatic rings. The Labute approximate surface area is 111 Å². The predicted octanol–water partition coefficient (Wildman–Crippen LogP) is 2.30. The van der Waals surface area contributed by atoms with Crippen molar-refractivity contribution in [3.05, 3.63) is 66.0 Å². The normalized spacial score (nSPS) is 13.2. The van der Waals surface area contributed by atoms with E-state index in [9.17, 15) is 12.8 Å². The summed E-state index contributed by atoms with van der Waals surface area (Å²) >= 11 is 0. The Kier molecular flexibility index (Phi) is 3.97. The zero-order valence-electron chi connectivity index (χ0n) is 10.2. The quantitative estimate of drug-likeness (QED) is 0.934. The van der Waals surface area contributed by atoms with Crippen molar-refractivity contribution in [2.24, 2.45) is 5.73 Å². The summed E-state index contributed by atoms with van der Waals surface area (Å²) in [6, 6.07) is 13.7. The van der Waals surface area contributed by atoms with Crippen LogP contribution in [0.15, 0.2) is 59.5 Å². The first-order valence-corrected chi connectivity index (χ1v) is 7.35. The molecule has 0 aliphatic carbocycles. The van der Waals surface area contributed by atoms with Gasteiger partial charge in [0, 0.05) is 12.1 Å². The first-order valence-electron chi connectivity index (χ1n) is 5.81. The highest BCUT2D eigenvalue weighted by Crippen LogP contribution is 2.29. The third-order valence-corrected chi connectivity index (χ3v) is 5.04. The molecule has 0 heterocycles. The van der Waals surface area contributed by atoms with Crippen LogP contribution in [0.25, 0.3) is 0 Å². The highest BCUT2D eigenvalue weighted by molar-refractivity contribution is 7.91. The van der Waals surface area contributed by atoms with Crippen LogP contribution in [0, 0.1) is 5.82 Å². The summed E-state index contributed by atoms with van der Waals surface area (Å²) in [7, 11) is -3.69. The Morgan fingerprint density at radius 3 is 2.16 bits per heavy atom. The van der Waals surface area contributed by atoms with Crippen molar-refractivity contribution in [3.8, 4) is 0 Å². The summed E-state index contributed by atoms with van der Waals surface area (Å²) in [4.78, 5) is 0.147. The Balaban J connectivity index is 2.52. The summed E-state index contributed by atoms with van der Waals surface area (Å²) in [5, 5.41) is -1.07. The minimum absolute atomic E-state index is 0.105. The van der Waals surface area contributed by atoms with Gasteiger partial charge < -0.3 is 5.73 Å². The van der Waals surface area contributed by atoms with E-state index in [0.717, 1.165) is 0 Å². The van der Waals surface area contributed by atoms with E-state index in [1.54, 1.807) is 24.3 Å². The third kappa shape index (κ3) is 2.67. The monoisotopic (exact) mass is 279 g/mol. The number of sulfone groups is 1. The van der Waals surface area contributed by atoms with E-state index in [1.165, 1.54) is 30.3 Å². The Bertz CT molecular complexity index is 656. The van der Waals surface area contributed by atoms with E-state index < -0.39 is 20.9 Å². The smallest absolute Gasteiger partial charge is 0.186 e. The van der Waals surface area contributed by atoms with Crippen molar-refractivity contribution in [1.29, 1.82) is 0 Å². The highest BCUT2D eigenvalue weighted by Gasteiger charge is 2.29. The summed E-state index contributed by atoms with van der Waals surface area (Å²) in [5.41, 5.74) is 5.66. The molecule has 0 bridgehead atoms. The summed E-state index contributed by atoms with van der Waals surface area (Å²) in [5.74, 6) is -0.558. The molecule has 0 saturated heterocycles. The molecule has 0 aromatic heterocycles. The van der Waals surface area contributed by atoms with Crippen molar-refractivity contribution < 1.29 is 12.8 Å². The minimum atomic E-state index is -3.69. The van der Waals surface area contributed by atoms with Crippen molar-refractivity contribution in [1.82, 2.24) is 0 Å². The van der Waals surface area contributed by atoms with E-state index >= 15 is 0 Å². The SMILES string of the molecule is NC[C@@H](c1ccccc1F)S(=O)(=O)c1ccccc1. The first-order chi connectivity index (χ1) is 9.07. The van der Waals surface area contributed by atoms with E-state index in [-0.39, 0.29) is 17.0 Å². The van der Waals surface area contributed by atoms with Crippen LogP contribution in [0.4, 0.5) is 4.39 Å². The van der Waals surface area contributed by atoms with Crippen LogP contribution in [0.3, 0.4) is 0 Å². The number of hydrogen-bond acceptors (Lipinski definition) is 3. The summed E-state index contributed by atoms with van der Waals surface area (Å²) < 4.78 is 38.7. The van der Waals surface area contributed by atoms with Gasteiger partial charge in [0.05, 0.1) is 4.90 Å². The van der Waals surface area contributed by atoms with E-state index in [2.05, 4.69) is 0 Å². The lowest BCUT2D eigenvalue weighted by Gasteiger charge is -2.16. The van der Waals surface area contributed by atoms with Gasteiger partial charge in [-0.1, -0.05) is 36.4 Å².